The highest BCUT2D eigenvalue weighted by molar-refractivity contribution is 6.07. The predicted octanol–water partition coefficient (Wildman–Crippen LogP) is 4.61. The van der Waals surface area contributed by atoms with Crippen LogP contribution in [0.15, 0.2) is 29.3 Å². The van der Waals surface area contributed by atoms with Gasteiger partial charge in [0, 0.05) is 41.1 Å². The molecule has 0 saturated carbocycles. The lowest BCUT2D eigenvalue weighted by atomic mass is 9.90. The van der Waals surface area contributed by atoms with Crippen molar-refractivity contribution < 1.29 is 14.9 Å². The molecule has 0 saturated heterocycles. The molecule has 0 bridgehead atoms. The van der Waals surface area contributed by atoms with Crippen molar-refractivity contribution >= 4 is 16.6 Å². The molecule has 146 valence electrons. The fourth-order valence-electron chi connectivity index (χ4n) is 4.05. The number of nitrogens with zero attached hydrogens (tertiary/aromatic N) is 1. The Morgan fingerprint density at radius 3 is 2.71 bits per heavy atom. The number of aliphatic imine (C=N–C) groups is 1. The van der Waals surface area contributed by atoms with E-state index in [9.17, 15) is 10.2 Å². The first-order chi connectivity index (χ1) is 13.4. The number of ether oxygens (including phenoxy) is 1. The smallest absolute Gasteiger partial charge is 0.123 e. The van der Waals surface area contributed by atoms with Gasteiger partial charge in [0.25, 0.3) is 0 Å². The number of aromatic hydroxyl groups is 2. The number of hydrogen-bond acceptors (Lipinski definition) is 4. The van der Waals surface area contributed by atoms with E-state index in [0.29, 0.717) is 12.0 Å². The molecule has 0 unspecified atom stereocenters. The number of rotatable bonds is 4. The minimum atomic E-state index is 0.120. The molecule has 3 aromatic rings. The van der Waals surface area contributed by atoms with Crippen LogP contribution in [0.1, 0.15) is 47.7 Å². The number of methoxy groups -OCH3 is 1. The van der Waals surface area contributed by atoms with Crippen molar-refractivity contribution in [2.45, 2.75) is 39.5 Å². The largest absolute Gasteiger partial charge is 0.508 e. The highest BCUT2D eigenvalue weighted by Crippen LogP contribution is 2.38. The van der Waals surface area contributed by atoms with E-state index in [1.165, 1.54) is 10.9 Å². The summed E-state index contributed by atoms with van der Waals surface area (Å²) in [7, 11) is 1.66. The van der Waals surface area contributed by atoms with Crippen LogP contribution in [-0.4, -0.2) is 34.6 Å². The molecule has 4 rings (SSSR count). The molecule has 0 atom stereocenters. The summed E-state index contributed by atoms with van der Waals surface area (Å²) in [6, 6.07) is 7.73. The minimum Gasteiger partial charge on any atom is -0.508 e. The van der Waals surface area contributed by atoms with Crippen molar-refractivity contribution in [1.29, 1.82) is 0 Å². The maximum atomic E-state index is 10.9. The lowest BCUT2D eigenvalue weighted by Crippen LogP contribution is -2.16. The van der Waals surface area contributed by atoms with Gasteiger partial charge in [-0.2, -0.15) is 0 Å². The second-order valence-electron chi connectivity index (χ2n) is 7.74. The molecule has 5 heteroatoms. The van der Waals surface area contributed by atoms with Crippen molar-refractivity contribution in [1.82, 2.24) is 4.98 Å². The van der Waals surface area contributed by atoms with Gasteiger partial charge >= 0.3 is 0 Å². The highest BCUT2D eigenvalue weighted by Gasteiger charge is 2.24. The monoisotopic (exact) mass is 378 g/mol. The fraction of sp³-hybridized carbons (Fsp3) is 0.348. The number of benzene rings is 2. The topological polar surface area (TPSA) is 77.8 Å². The number of phenolic OH excluding ortho intramolecular Hbond substituents is 2. The third kappa shape index (κ3) is 2.91. The van der Waals surface area contributed by atoms with E-state index in [1.807, 2.05) is 32.9 Å². The van der Waals surface area contributed by atoms with Crippen LogP contribution < -0.4 is 4.74 Å². The van der Waals surface area contributed by atoms with E-state index in [2.05, 4.69) is 11.1 Å². The molecule has 0 spiro atoms. The number of hydrogen-bond donors (Lipinski definition) is 3. The lowest BCUT2D eigenvalue weighted by Gasteiger charge is -2.19. The molecule has 0 aliphatic carbocycles. The maximum absolute atomic E-state index is 10.9. The van der Waals surface area contributed by atoms with Crippen molar-refractivity contribution in [3.05, 3.63) is 52.2 Å². The average molecular weight is 378 g/mol. The first kappa shape index (κ1) is 18.4. The SMILES string of the molecule is COc1ccc2c3c([nH]c2c1)C(Cc1c(C)c(O)cc(C(C)C)c1O)=NCC3. The van der Waals surface area contributed by atoms with Crippen LogP contribution in [0.25, 0.3) is 10.9 Å². The van der Waals surface area contributed by atoms with Gasteiger partial charge in [0.2, 0.25) is 0 Å². The van der Waals surface area contributed by atoms with Gasteiger partial charge in [0.15, 0.2) is 0 Å². The van der Waals surface area contributed by atoms with Gasteiger partial charge in [0.1, 0.15) is 17.2 Å². The molecule has 5 nitrogen and oxygen atoms in total. The standard InChI is InChI=1S/C23H26N2O3/c1-12(2)17-11-21(26)13(3)18(23(17)27)10-20-22-16(7-8-24-20)15-6-5-14(28-4)9-19(15)25-22/h5-6,9,11-12,25-27H,7-8,10H2,1-4H3. The zero-order valence-corrected chi connectivity index (χ0v) is 16.8. The maximum Gasteiger partial charge on any atom is 0.123 e. The Labute approximate surface area is 164 Å². The van der Waals surface area contributed by atoms with Gasteiger partial charge < -0.3 is 19.9 Å². The van der Waals surface area contributed by atoms with Crippen molar-refractivity contribution in [3.63, 3.8) is 0 Å². The first-order valence-electron chi connectivity index (χ1n) is 9.67. The zero-order valence-electron chi connectivity index (χ0n) is 16.8. The summed E-state index contributed by atoms with van der Waals surface area (Å²) >= 11 is 0. The van der Waals surface area contributed by atoms with Crippen molar-refractivity contribution in [2.75, 3.05) is 13.7 Å². The van der Waals surface area contributed by atoms with Gasteiger partial charge in [0.05, 0.1) is 18.5 Å². The van der Waals surface area contributed by atoms with Crippen LogP contribution in [0.5, 0.6) is 17.2 Å². The molecular weight excluding hydrogens is 352 g/mol. The molecule has 3 N–H and O–H groups in total. The van der Waals surface area contributed by atoms with Crippen LogP contribution in [0.3, 0.4) is 0 Å². The van der Waals surface area contributed by atoms with Crippen LogP contribution in [0.4, 0.5) is 0 Å². The molecule has 28 heavy (non-hydrogen) atoms. The Hall–Kier alpha value is -2.95. The third-order valence-electron chi connectivity index (χ3n) is 5.72. The molecule has 2 heterocycles. The van der Waals surface area contributed by atoms with Gasteiger partial charge in [-0.1, -0.05) is 13.8 Å². The van der Waals surface area contributed by atoms with Gasteiger partial charge in [-0.05, 0) is 48.6 Å². The Morgan fingerprint density at radius 1 is 1.21 bits per heavy atom. The second-order valence-corrected chi connectivity index (χ2v) is 7.74. The van der Waals surface area contributed by atoms with Crippen LogP contribution in [-0.2, 0) is 12.8 Å². The van der Waals surface area contributed by atoms with E-state index in [-0.39, 0.29) is 17.4 Å². The van der Waals surface area contributed by atoms with Crippen LogP contribution in [0.2, 0.25) is 0 Å². The van der Waals surface area contributed by atoms with Crippen molar-refractivity contribution in [3.8, 4) is 17.2 Å². The van der Waals surface area contributed by atoms with Crippen LogP contribution in [0, 0.1) is 6.92 Å². The first-order valence-corrected chi connectivity index (χ1v) is 9.67. The lowest BCUT2D eigenvalue weighted by molar-refractivity contribution is 0.415. The quantitative estimate of drug-likeness (QED) is 0.580. The van der Waals surface area contributed by atoms with E-state index >= 15 is 0 Å². The second kappa shape index (κ2) is 6.89. The predicted molar refractivity (Wildman–Crippen MR) is 112 cm³/mol. The number of aromatic amines is 1. The summed E-state index contributed by atoms with van der Waals surface area (Å²) < 4.78 is 5.35. The number of aromatic nitrogens is 1. The molecule has 0 radical (unpaired) electrons. The Morgan fingerprint density at radius 2 is 2.00 bits per heavy atom. The van der Waals surface area contributed by atoms with Gasteiger partial charge in [-0.25, -0.2) is 0 Å². The Kier molecular flexibility index (Phi) is 4.53. The Balaban J connectivity index is 1.80. The van der Waals surface area contributed by atoms with Gasteiger partial charge in [-0.15, -0.1) is 0 Å². The number of phenols is 2. The number of fused-ring (bicyclic) bond motifs is 3. The summed E-state index contributed by atoms with van der Waals surface area (Å²) in [6.07, 6.45) is 1.36. The summed E-state index contributed by atoms with van der Waals surface area (Å²) in [5.41, 5.74) is 6.41. The fourth-order valence-corrected chi connectivity index (χ4v) is 4.05. The molecule has 0 amide bonds. The summed E-state index contributed by atoms with van der Waals surface area (Å²) in [5, 5.41) is 22.4. The normalized spacial score (nSPS) is 13.7. The van der Waals surface area contributed by atoms with E-state index in [0.717, 1.165) is 46.8 Å². The van der Waals surface area contributed by atoms with Gasteiger partial charge in [-0.3, -0.25) is 4.99 Å². The molecule has 1 aromatic heterocycles. The van der Waals surface area contributed by atoms with Crippen molar-refractivity contribution in [2.24, 2.45) is 4.99 Å². The highest BCUT2D eigenvalue weighted by atomic mass is 16.5. The van der Waals surface area contributed by atoms with E-state index < -0.39 is 0 Å². The minimum absolute atomic E-state index is 0.120. The zero-order chi connectivity index (χ0) is 20.0. The van der Waals surface area contributed by atoms with E-state index in [4.69, 9.17) is 9.73 Å². The number of nitrogens with one attached hydrogen (secondary N) is 1. The molecule has 0 fully saturated rings. The van der Waals surface area contributed by atoms with E-state index in [1.54, 1.807) is 13.2 Å². The molecule has 2 aromatic carbocycles. The Bertz CT molecular complexity index is 1090. The molecule has 1 aliphatic rings. The summed E-state index contributed by atoms with van der Waals surface area (Å²) in [6.45, 7) is 6.58. The number of H-pyrrole nitrogens is 1. The molecule has 1 aliphatic heterocycles. The average Bonchev–Trinajstić information content (AvgIpc) is 3.06. The third-order valence-corrected chi connectivity index (χ3v) is 5.72. The summed E-state index contributed by atoms with van der Waals surface area (Å²) in [4.78, 5) is 8.25. The summed E-state index contributed by atoms with van der Waals surface area (Å²) in [5.74, 6) is 1.41. The van der Waals surface area contributed by atoms with Crippen LogP contribution >= 0.6 is 0 Å². The molecular formula is C23H26N2O3.